The molecule has 0 spiro atoms. The molecule has 0 aliphatic rings. The van der Waals surface area contributed by atoms with Crippen LogP contribution in [0, 0.1) is 44.0 Å². The van der Waals surface area contributed by atoms with Crippen molar-refractivity contribution in [1.82, 2.24) is 18.4 Å². The van der Waals surface area contributed by atoms with E-state index in [2.05, 4.69) is 26.2 Å². The number of hydrogen-bond donors (Lipinski definition) is 1. The lowest BCUT2D eigenvalue weighted by molar-refractivity contribution is 0.588. The number of halogens is 5. The number of H-pyrrole nitrogens is 1. The van der Waals surface area contributed by atoms with Crippen molar-refractivity contribution >= 4 is 38.0 Å². The van der Waals surface area contributed by atoms with E-state index in [1.165, 1.54) is 36.4 Å². The van der Waals surface area contributed by atoms with Crippen molar-refractivity contribution in [3.63, 3.8) is 0 Å². The normalized spacial score (nSPS) is 11.3. The average molecular weight is 660 g/mol. The molecule has 0 aliphatic carbocycles. The van der Waals surface area contributed by atoms with Crippen molar-refractivity contribution in [1.29, 1.82) is 0 Å². The zero-order valence-electron chi connectivity index (χ0n) is 24.3. The Morgan fingerprint density at radius 1 is 0.682 bits per heavy atom. The maximum Gasteiger partial charge on any atom is 0.135 e. The number of fused-ring (bicyclic) bond motifs is 2. The lowest BCUT2D eigenvalue weighted by Crippen LogP contribution is -1.94. The molecule has 0 bridgehead atoms. The molecule has 0 saturated carbocycles. The number of aryl methyl sites for hydroxylation is 4. The Kier molecular flexibility index (Phi) is 7.67. The molecule has 1 N–H and O–H groups in total. The Hall–Kier alpha value is -4.63. The fourth-order valence-corrected chi connectivity index (χ4v) is 6.47. The molecule has 4 aromatic carbocycles. The third-order valence-electron chi connectivity index (χ3n) is 7.84. The second-order valence-corrected chi connectivity index (χ2v) is 11.4. The summed E-state index contributed by atoms with van der Waals surface area (Å²) < 4.78 is 59.7. The highest BCUT2D eigenvalue weighted by Gasteiger charge is 2.21. The molecule has 4 nitrogen and oxygen atoms in total. The van der Waals surface area contributed by atoms with Crippen LogP contribution in [0.4, 0.5) is 17.6 Å². The molecule has 0 radical (unpaired) electrons. The van der Waals surface area contributed by atoms with Gasteiger partial charge in [-0.15, -0.1) is 0 Å². The second kappa shape index (κ2) is 11.5. The summed E-state index contributed by atoms with van der Waals surface area (Å²) in [5.74, 6) is -2.27. The molecule has 0 amide bonds. The summed E-state index contributed by atoms with van der Waals surface area (Å²) >= 11 is 3.39. The number of benzene rings is 4. The van der Waals surface area contributed by atoms with Crippen LogP contribution in [0.1, 0.15) is 16.8 Å². The van der Waals surface area contributed by atoms with Crippen molar-refractivity contribution in [2.75, 3.05) is 0 Å². The van der Waals surface area contributed by atoms with Crippen LogP contribution in [0.2, 0.25) is 0 Å². The summed E-state index contributed by atoms with van der Waals surface area (Å²) in [7, 11) is 1.90. The van der Waals surface area contributed by atoms with Crippen molar-refractivity contribution in [3.8, 4) is 33.8 Å². The van der Waals surface area contributed by atoms with Gasteiger partial charge in [0.2, 0.25) is 0 Å². The first-order valence-electron chi connectivity index (χ1n) is 13.8. The van der Waals surface area contributed by atoms with Crippen molar-refractivity contribution in [2.45, 2.75) is 20.8 Å². The summed E-state index contributed by atoms with van der Waals surface area (Å²) in [5.41, 5.74) is 7.31. The Balaban J connectivity index is 0.000000162. The first-order chi connectivity index (χ1) is 21.1. The fourth-order valence-electron chi connectivity index (χ4n) is 5.72. The Morgan fingerprint density at radius 3 is 1.89 bits per heavy atom. The fraction of sp³-hybridized carbons (Fsp3) is 0.114. The zero-order valence-corrected chi connectivity index (χ0v) is 25.9. The van der Waals surface area contributed by atoms with Crippen LogP contribution in [0.5, 0.6) is 0 Å². The molecule has 7 rings (SSSR count). The minimum absolute atomic E-state index is 0.00641. The molecule has 7 aromatic rings. The highest BCUT2D eigenvalue weighted by Crippen LogP contribution is 2.37. The highest BCUT2D eigenvalue weighted by atomic mass is 79.9. The van der Waals surface area contributed by atoms with Crippen LogP contribution in [-0.2, 0) is 7.05 Å². The molecule has 0 fully saturated rings. The SMILES string of the molecule is Cc1c(-c2c(F)cccc2F)n(Br)c2ccccc12.Cc1cc(-c2ccc3[nH]c(-c4c(F)cccc4F)c(C)c3c2)n(C)n1. The van der Waals surface area contributed by atoms with E-state index in [4.69, 9.17) is 0 Å². The van der Waals surface area contributed by atoms with Gasteiger partial charge in [0.15, 0.2) is 0 Å². The maximum atomic E-state index is 14.2. The smallest absolute Gasteiger partial charge is 0.135 e. The molecule has 0 unspecified atom stereocenters. The van der Waals surface area contributed by atoms with Crippen LogP contribution in [0.3, 0.4) is 0 Å². The topological polar surface area (TPSA) is 38.5 Å². The first kappa shape index (κ1) is 29.4. The third-order valence-corrected chi connectivity index (χ3v) is 8.58. The van der Waals surface area contributed by atoms with Gasteiger partial charge in [-0.25, -0.2) is 17.6 Å². The van der Waals surface area contributed by atoms with E-state index >= 15 is 0 Å². The lowest BCUT2D eigenvalue weighted by Gasteiger charge is -2.07. The van der Waals surface area contributed by atoms with Gasteiger partial charge < -0.3 is 4.98 Å². The summed E-state index contributed by atoms with van der Waals surface area (Å²) in [6.07, 6.45) is 0. The monoisotopic (exact) mass is 658 g/mol. The summed E-state index contributed by atoms with van der Waals surface area (Å²) in [6, 6.07) is 23.4. The highest BCUT2D eigenvalue weighted by molar-refractivity contribution is 9.08. The Bertz CT molecular complexity index is 2110. The predicted octanol–water partition coefficient (Wildman–Crippen LogP) is 10.2. The van der Waals surface area contributed by atoms with Gasteiger partial charge in [0.05, 0.1) is 55.6 Å². The maximum absolute atomic E-state index is 14.2. The number of nitrogens with zero attached hydrogens (tertiary/aromatic N) is 3. The number of rotatable bonds is 3. The van der Waals surface area contributed by atoms with Crippen LogP contribution in [0.15, 0.2) is 84.9 Å². The van der Waals surface area contributed by atoms with Gasteiger partial charge in [-0.3, -0.25) is 8.27 Å². The molecule has 9 heteroatoms. The predicted molar refractivity (Wildman–Crippen MR) is 172 cm³/mol. The Morgan fingerprint density at radius 2 is 1.30 bits per heavy atom. The minimum atomic E-state index is -0.572. The van der Waals surface area contributed by atoms with Crippen LogP contribution in [0.25, 0.3) is 55.6 Å². The molecule has 0 atom stereocenters. The molecule has 3 heterocycles. The van der Waals surface area contributed by atoms with Gasteiger partial charge in [-0.1, -0.05) is 36.4 Å². The van der Waals surface area contributed by atoms with E-state index < -0.39 is 23.3 Å². The average Bonchev–Trinajstić information content (AvgIpc) is 3.59. The van der Waals surface area contributed by atoms with E-state index in [0.29, 0.717) is 11.4 Å². The minimum Gasteiger partial charge on any atom is -0.354 e. The molecule has 0 saturated heterocycles. The third kappa shape index (κ3) is 5.01. The number of hydrogen-bond acceptors (Lipinski definition) is 1. The van der Waals surface area contributed by atoms with Crippen molar-refractivity contribution < 1.29 is 17.6 Å². The summed E-state index contributed by atoms with van der Waals surface area (Å²) in [4.78, 5) is 3.16. The van der Waals surface area contributed by atoms with E-state index in [-0.39, 0.29) is 11.1 Å². The first-order valence-corrected chi connectivity index (χ1v) is 14.6. The molecular weight excluding hydrogens is 632 g/mol. The van der Waals surface area contributed by atoms with Crippen LogP contribution < -0.4 is 0 Å². The van der Waals surface area contributed by atoms with Gasteiger partial charge in [0.25, 0.3) is 0 Å². The van der Waals surface area contributed by atoms with E-state index in [0.717, 1.165) is 49.9 Å². The van der Waals surface area contributed by atoms with Crippen LogP contribution >= 0.6 is 16.1 Å². The van der Waals surface area contributed by atoms with Gasteiger partial charge in [0.1, 0.15) is 23.3 Å². The second-order valence-electron chi connectivity index (χ2n) is 10.6. The summed E-state index contributed by atoms with van der Waals surface area (Å²) in [5, 5.41) is 6.28. The van der Waals surface area contributed by atoms with Gasteiger partial charge in [-0.2, -0.15) is 5.10 Å². The number of aromatic amines is 1. The molecule has 222 valence electrons. The standard InChI is InChI=1S/C20H17F2N3.C15H10BrF2N/c1-11-9-18(25(3)24-11)13-7-8-17-14(10-13)12(2)20(23-17)19-15(21)5-4-6-16(19)22;1-9-10-5-2-3-8-13(10)19(16)15(9)14-11(17)6-4-7-12(14)18/h4-10,23H,1-3H3;2-8H,1H3. The van der Waals surface area contributed by atoms with Gasteiger partial charge in [0, 0.05) is 28.9 Å². The van der Waals surface area contributed by atoms with Gasteiger partial charge in [-0.05, 0) is 80.4 Å². The van der Waals surface area contributed by atoms with Crippen molar-refractivity contribution in [2.24, 2.45) is 7.05 Å². The van der Waals surface area contributed by atoms with Crippen molar-refractivity contribution in [3.05, 3.63) is 125 Å². The van der Waals surface area contributed by atoms with Gasteiger partial charge >= 0.3 is 0 Å². The molecule has 44 heavy (non-hydrogen) atoms. The largest absolute Gasteiger partial charge is 0.354 e. The van der Waals surface area contributed by atoms with E-state index in [1.54, 1.807) is 3.59 Å². The lowest BCUT2D eigenvalue weighted by atomic mass is 10.0. The van der Waals surface area contributed by atoms with Crippen LogP contribution in [-0.4, -0.2) is 18.4 Å². The molecular formula is C35H27BrF4N4. The Labute approximate surface area is 259 Å². The zero-order chi connectivity index (χ0) is 31.3. The molecule has 3 aromatic heterocycles. The van der Waals surface area contributed by atoms with E-state index in [9.17, 15) is 17.6 Å². The number of aromatic nitrogens is 4. The summed E-state index contributed by atoms with van der Waals surface area (Å²) in [6.45, 7) is 5.68. The number of para-hydroxylation sites is 1. The van der Waals surface area contributed by atoms with E-state index in [1.807, 2.05) is 81.0 Å². The molecule has 0 aliphatic heterocycles. The quantitative estimate of drug-likeness (QED) is 0.189. The number of nitrogens with one attached hydrogen (secondary N) is 1.